The lowest BCUT2D eigenvalue weighted by atomic mass is 10.3. The molecule has 0 bridgehead atoms. The largest absolute Gasteiger partial charge is 0.376 e. The summed E-state index contributed by atoms with van der Waals surface area (Å²) in [6.07, 6.45) is 1.91. The topological polar surface area (TPSA) is 43.4 Å². The molecule has 0 aliphatic carbocycles. The Labute approximate surface area is 83.2 Å². The first kappa shape index (κ1) is 9.43. The van der Waals surface area contributed by atoms with Crippen molar-refractivity contribution in [1.29, 1.82) is 0 Å². The molecule has 1 aliphatic heterocycles. The van der Waals surface area contributed by atoms with Crippen LogP contribution in [0.15, 0.2) is 24.4 Å². The lowest BCUT2D eigenvalue weighted by Crippen LogP contribution is -2.34. The Balaban J connectivity index is 1.76. The number of aromatic nitrogens is 1. The maximum atomic E-state index is 5.48. The van der Waals surface area contributed by atoms with Crippen molar-refractivity contribution in [3.63, 3.8) is 0 Å². The molecule has 1 atom stereocenters. The first-order valence-electron chi connectivity index (χ1n) is 4.79. The lowest BCUT2D eigenvalue weighted by Gasteiger charge is -2.23. The fraction of sp³-hybridized carbons (Fsp3) is 0.500. The van der Waals surface area contributed by atoms with Gasteiger partial charge in [0.15, 0.2) is 0 Å². The third-order valence-corrected chi connectivity index (χ3v) is 2.06. The van der Waals surface area contributed by atoms with E-state index in [0.717, 1.165) is 12.4 Å². The van der Waals surface area contributed by atoms with E-state index >= 15 is 0 Å². The number of nitrogens with zero attached hydrogens (tertiary/aromatic N) is 1. The predicted octanol–water partition coefficient (Wildman–Crippen LogP) is 0.909. The van der Waals surface area contributed by atoms with E-state index in [1.54, 1.807) is 6.20 Å². The third-order valence-electron chi connectivity index (χ3n) is 2.06. The highest BCUT2D eigenvalue weighted by atomic mass is 16.6. The zero-order valence-corrected chi connectivity index (χ0v) is 7.98. The van der Waals surface area contributed by atoms with Gasteiger partial charge in [0.1, 0.15) is 5.82 Å². The molecule has 4 heteroatoms. The first-order valence-corrected chi connectivity index (χ1v) is 4.79. The molecule has 1 aromatic heterocycles. The molecule has 1 fully saturated rings. The normalized spacial score (nSPS) is 21.9. The van der Waals surface area contributed by atoms with Gasteiger partial charge in [0.25, 0.3) is 0 Å². The third kappa shape index (κ3) is 2.68. The van der Waals surface area contributed by atoms with Crippen LogP contribution in [0.3, 0.4) is 0 Å². The zero-order valence-electron chi connectivity index (χ0n) is 7.98. The smallest absolute Gasteiger partial charge is 0.125 e. The van der Waals surface area contributed by atoms with Crippen molar-refractivity contribution >= 4 is 5.82 Å². The summed E-state index contributed by atoms with van der Waals surface area (Å²) in [5.41, 5.74) is 0. The first-order chi connectivity index (χ1) is 6.95. The molecule has 0 aromatic carbocycles. The number of nitrogens with one attached hydrogen (secondary N) is 1. The van der Waals surface area contributed by atoms with Crippen LogP contribution in [0.1, 0.15) is 0 Å². The van der Waals surface area contributed by atoms with Crippen LogP contribution in [0.2, 0.25) is 0 Å². The van der Waals surface area contributed by atoms with Crippen molar-refractivity contribution in [2.24, 2.45) is 0 Å². The van der Waals surface area contributed by atoms with Gasteiger partial charge in [-0.25, -0.2) is 4.98 Å². The summed E-state index contributed by atoms with van der Waals surface area (Å²) in [6.45, 7) is 2.81. The fourth-order valence-corrected chi connectivity index (χ4v) is 1.34. The number of rotatable bonds is 3. The number of ether oxygens (including phenoxy) is 2. The molecule has 0 radical (unpaired) electrons. The maximum Gasteiger partial charge on any atom is 0.125 e. The van der Waals surface area contributed by atoms with E-state index in [9.17, 15) is 0 Å². The molecule has 1 unspecified atom stereocenters. The zero-order chi connectivity index (χ0) is 9.64. The molecular weight excluding hydrogens is 180 g/mol. The summed E-state index contributed by atoms with van der Waals surface area (Å²) < 4.78 is 10.8. The van der Waals surface area contributed by atoms with E-state index in [2.05, 4.69) is 10.3 Å². The van der Waals surface area contributed by atoms with E-state index in [1.165, 1.54) is 0 Å². The molecule has 1 aliphatic rings. The summed E-state index contributed by atoms with van der Waals surface area (Å²) in [5.74, 6) is 0.877. The van der Waals surface area contributed by atoms with E-state index in [0.29, 0.717) is 19.8 Å². The van der Waals surface area contributed by atoms with E-state index in [1.807, 2.05) is 18.2 Å². The van der Waals surface area contributed by atoms with Crippen molar-refractivity contribution in [3.05, 3.63) is 24.4 Å². The van der Waals surface area contributed by atoms with Crippen LogP contribution >= 0.6 is 0 Å². The van der Waals surface area contributed by atoms with Crippen LogP contribution in [-0.4, -0.2) is 37.5 Å². The Morgan fingerprint density at radius 3 is 3.14 bits per heavy atom. The Morgan fingerprint density at radius 1 is 1.43 bits per heavy atom. The molecule has 1 saturated heterocycles. The van der Waals surface area contributed by atoms with Gasteiger partial charge in [-0.05, 0) is 12.1 Å². The Morgan fingerprint density at radius 2 is 2.43 bits per heavy atom. The van der Waals surface area contributed by atoms with Crippen molar-refractivity contribution in [1.82, 2.24) is 4.98 Å². The molecule has 2 rings (SSSR count). The van der Waals surface area contributed by atoms with Gasteiger partial charge in [-0.1, -0.05) is 6.07 Å². The van der Waals surface area contributed by atoms with Gasteiger partial charge >= 0.3 is 0 Å². The number of pyridine rings is 1. The average molecular weight is 194 g/mol. The van der Waals surface area contributed by atoms with Gasteiger partial charge in [0.2, 0.25) is 0 Å². The molecule has 0 amide bonds. The minimum atomic E-state index is 0.144. The van der Waals surface area contributed by atoms with Crippen LogP contribution in [0.4, 0.5) is 5.82 Å². The number of anilines is 1. The minimum Gasteiger partial charge on any atom is -0.376 e. The molecule has 1 N–H and O–H groups in total. The van der Waals surface area contributed by atoms with E-state index < -0.39 is 0 Å². The van der Waals surface area contributed by atoms with E-state index in [-0.39, 0.29) is 6.10 Å². The molecule has 76 valence electrons. The van der Waals surface area contributed by atoms with Crippen LogP contribution in [-0.2, 0) is 9.47 Å². The van der Waals surface area contributed by atoms with Crippen molar-refractivity contribution < 1.29 is 9.47 Å². The van der Waals surface area contributed by atoms with E-state index in [4.69, 9.17) is 9.47 Å². The van der Waals surface area contributed by atoms with Crippen molar-refractivity contribution in [3.8, 4) is 0 Å². The number of hydrogen-bond acceptors (Lipinski definition) is 4. The van der Waals surface area contributed by atoms with Gasteiger partial charge in [-0.2, -0.15) is 0 Å². The quantitative estimate of drug-likeness (QED) is 0.776. The SMILES string of the molecule is c1ccc(NCC2COCCO2)nc1. The van der Waals surface area contributed by atoms with Crippen LogP contribution in [0, 0.1) is 0 Å². The monoisotopic (exact) mass is 194 g/mol. The second-order valence-corrected chi connectivity index (χ2v) is 3.16. The summed E-state index contributed by atoms with van der Waals surface area (Å²) in [4.78, 5) is 4.16. The molecule has 4 nitrogen and oxygen atoms in total. The summed E-state index contributed by atoms with van der Waals surface area (Å²) in [5, 5.41) is 3.20. The van der Waals surface area contributed by atoms with Gasteiger partial charge in [0, 0.05) is 12.7 Å². The maximum absolute atomic E-state index is 5.48. The highest BCUT2D eigenvalue weighted by molar-refractivity contribution is 5.33. The standard InChI is InChI=1S/C10H14N2O2/c1-2-4-11-10(3-1)12-7-9-8-13-5-6-14-9/h1-4,9H,5-8H2,(H,11,12). The van der Waals surface area contributed by atoms with Gasteiger partial charge in [-0.15, -0.1) is 0 Å². The minimum absolute atomic E-state index is 0.144. The summed E-state index contributed by atoms with van der Waals surface area (Å²) in [6, 6.07) is 5.78. The van der Waals surface area contributed by atoms with Crippen LogP contribution < -0.4 is 5.32 Å². The molecule has 1 aromatic rings. The fourth-order valence-electron chi connectivity index (χ4n) is 1.34. The van der Waals surface area contributed by atoms with Gasteiger partial charge < -0.3 is 14.8 Å². The molecule has 2 heterocycles. The Hall–Kier alpha value is -1.13. The highest BCUT2D eigenvalue weighted by Gasteiger charge is 2.13. The predicted molar refractivity (Wildman–Crippen MR) is 53.3 cm³/mol. The molecule has 14 heavy (non-hydrogen) atoms. The second kappa shape index (κ2) is 4.93. The second-order valence-electron chi connectivity index (χ2n) is 3.16. The van der Waals surface area contributed by atoms with Crippen molar-refractivity contribution in [2.45, 2.75) is 6.10 Å². The number of hydrogen-bond donors (Lipinski definition) is 1. The average Bonchev–Trinajstić information content (AvgIpc) is 2.29. The Kier molecular flexibility index (Phi) is 3.32. The summed E-state index contributed by atoms with van der Waals surface area (Å²) >= 11 is 0. The summed E-state index contributed by atoms with van der Waals surface area (Å²) in [7, 11) is 0. The van der Waals surface area contributed by atoms with Gasteiger partial charge in [-0.3, -0.25) is 0 Å². The highest BCUT2D eigenvalue weighted by Crippen LogP contribution is 2.04. The Bertz CT molecular complexity index is 260. The van der Waals surface area contributed by atoms with Crippen LogP contribution in [0.5, 0.6) is 0 Å². The van der Waals surface area contributed by atoms with Crippen LogP contribution in [0.25, 0.3) is 0 Å². The van der Waals surface area contributed by atoms with Gasteiger partial charge in [0.05, 0.1) is 25.9 Å². The lowest BCUT2D eigenvalue weighted by molar-refractivity contribution is -0.0819. The van der Waals surface area contributed by atoms with Crippen molar-refractivity contribution in [2.75, 3.05) is 31.7 Å². The molecule has 0 saturated carbocycles. The molecular formula is C10H14N2O2. The molecule has 0 spiro atoms.